The maximum Gasteiger partial charge on any atom is 0.313 e. The van der Waals surface area contributed by atoms with E-state index in [-0.39, 0.29) is 12.1 Å². The quantitative estimate of drug-likeness (QED) is 0.718. The van der Waals surface area contributed by atoms with E-state index in [1.165, 1.54) is 0 Å². The number of amides is 2. The number of nitrogens with one attached hydrogen (secondary N) is 2. The first-order valence-corrected chi connectivity index (χ1v) is 7.40. The van der Waals surface area contributed by atoms with Crippen LogP contribution in [-0.4, -0.2) is 29.1 Å². The summed E-state index contributed by atoms with van der Waals surface area (Å²) in [6.07, 6.45) is 2.45. The molecule has 0 unspecified atom stereocenters. The Morgan fingerprint density at radius 3 is 2.40 bits per heavy atom. The number of carbonyl (C=O) groups excluding carboxylic acids is 2. The first-order valence-electron chi connectivity index (χ1n) is 6.60. The van der Waals surface area contributed by atoms with Gasteiger partial charge < -0.3 is 15.7 Å². The number of anilines is 1. The summed E-state index contributed by atoms with van der Waals surface area (Å²) < 4.78 is 0.724. The summed E-state index contributed by atoms with van der Waals surface area (Å²) in [5.41, 5.74) is 0.562. The minimum atomic E-state index is -0.678. The van der Waals surface area contributed by atoms with Crippen LogP contribution >= 0.6 is 15.9 Å². The predicted molar refractivity (Wildman–Crippen MR) is 79.2 cm³/mol. The maximum atomic E-state index is 11.8. The second-order valence-corrected chi connectivity index (χ2v) is 5.77. The second-order valence-electron chi connectivity index (χ2n) is 4.91. The standard InChI is InChI=1S/C14H17BrN2O3/c15-11-3-1-2-4-12(11)17-14(20)13(19)16-9-5-7-10(18)8-6-9/h1-4,9-10,18H,5-8H2,(H,16,19)(H,17,20). The van der Waals surface area contributed by atoms with Crippen LogP contribution in [-0.2, 0) is 9.59 Å². The lowest BCUT2D eigenvalue weighted by atomic mass is 9.93. The molecule has 108 valence electrons. The average molecular weight is 341 g/mol. The van der Waals surface area contributed by atoms with Crippen molar-refractivity contribution >= 4 is 33.4 Å². The molecule has 5 nitrogen and oxygen atoms in total. The molecule has 0 aromatic heterocycles. The van der Waals surface area contributed by atoms with Crippen molar-refractivity contribution in [2.75, 3.05) is 5.32 Å². The van der Waals surface area contributed by atoms with Gasteiger partial charge in [0.15, 0.2) is 0 Å². The number of hydrogen-bond donors (Lipinski definition) is 3. The van der Waals surface area contributed by atoms with E-state index in [1.807, 2.05) is 6.07 Å². The van der Waals surface area contributed by atoms with Crippen molar-refractivity contribution in [2.45, 2.75) is 37.8 Å². The van der Waals surface area contributed by atoms with E-state index >= 15 is 0 Å². The molecule has 0 atom stereocenters. The highest BCUT2D eigenvalue weighted by Crippen LogP contribution is 2.21. The SMILES string of the molecule is O=C(Nc1ccccc1Br)C(=O)NC1CCC(O)CC1. The van der Waals surface area contributed by atoms with E-state index in [9.17, 15) is 14.7 Å². The first-order chi connectivity index (χ1) is 9.56. The number of halogens is 1. The van der Waals surface area contributed by atoms with Crippen LogP contribution in [0.25, 0.3) is 0 Å². The number of aliphatic hydroxyl groups excluding tert-OH is 1. The van der Waals surface area contributed by atoms with Crippen LogP contribution in [0.3, 0.4) is 0 Å². The normalized spacial score (nSPS) is 22.1. The Hall–Kier alpha value is -1.40. The molecule has 1 aliphatic carbocycles. The van der Waals surface area contributed by atoms with Gasteiger partial charge in [0.1, 0.15) is 0 Å². The minimum Gasteiger partial charge on any atom is -0.393 e. The summed E-state index contributed by atoms with van der Waals surface area (Å²) in [4.78, 5) is 23.6. The molecule has 6 heteroatoms. The molecule has 0 spiro atoms. The van der Waals surface area contributed by atoms with Crippen LogP contribution in [0, 0.1) is 0 Å². The molecule has 1 aromatic rings. The first kappa shape index (κ1) is 15.0. The van der Waals surface area contributed by atoms with E-state index in [4.69, 9.17) is 0 Å². The second kappa shape index (κ2) is 6.85. The Balaban J connectivity index is 1.86. The van der Waals surface area contributed by atoms with Crippen LogP contribution in [0.15, 0.2) is 28.7 Å². The van der Waals surface area contributed by atoms with Crippen molar-refractivity contribution in [1.29, 1.82) is 0 Å². The highest BCUT2D eigenvalue weighted by Gasteiger charge is 2.23. The third-order valence-electron chi connectivity index (χ3n) is 3.36. The Bertz CT molecular complexity index is 499. The van der Waals surface area contributed by atoms with Gasteiger partial charge in [0, 0.05) is 10.5 Å². The maximum absolute atomic E-state index is 11.8. The molecule has 2 amide bonds. The number of aliphatic hydroxyl groups is 1. The summed E-state index contributed by atoms with van der Waals surface area (Å²) in [6, 6.07) is 7.08. The molecule has 0 bridgehead atoms. The van der Waals surface area contributed by atoms with Crippen molar-refractivity contribution in [3.05, 3.63) is 28.7 Å². The van der Waals surface area contributed by atoms with E-state index < -0.39 is 11.8 Å². The van der Waals surface area contributed by atoms with Gasteiger partial charge in [-0.15, -0.1) is 0 Å². The number of rotatable bonds is 2. The Morgan fingerprint density at radius 1 is 1.10 bits per heavy atom. The topological polar surface area (TPSA) is 78.4 Å². The van der Waals surface area contributed by atoms with Crippen LogP contribution < -0.4 is 10.6 Å². The minimum absolute atomic E-state index is 0.0316. The lowest BCUT2D eigenvalue weighted by Crippen LogP contribution is -2.43. The monoisotopic (exact) mass is 340 g/mol. The van der Waals surface area contributed by atoms with E-state index in [0.29, 0.717) is 31.4 Å². The van der Waals surface area contributed by atoms with Crippen molar-refractivity contribution in [1.82, 2.24) is 5.32 Å². The lowest BCUT2D eigenvalue weighted by molar-refractivity contribution is -0.136. The molecule has 1 aromatic carbocycles. The summed E-state index contributed by atoms with van der Waals surface area (Å²) in [7, 11) is 0. The molecular weight excluding hydrogens is 324 g/mol. The van der Waals surface area contributed by atoms with Gasteiger partial charge in [-0.3, -0.25) is 9.59 Å². The van der Waals surface area contributed by atoms with E-state index in [1.54, 1.807) is 18.2 Å². The lowest BCUT2D eigenvalue weighted by Gasteiger charge is -2.25. The van der Waals surface area contributed by atoms with Crippen LogP contribution in [0.4, 0.5) is 5.69 Å². The van der Waals surface area contributed by atoms with Gasteiger partial charge in [0.2, 0.25) is 0 Å². The zero-order chi connectivity index (χ0) is 14.5. The van der Waals surface area contributed by atoms with Gasteiger partial charge in [-0.2, -0.15) is 0 Å². The van der Waals surface area contributed by atoms with Gasteiger partial charge in [-0.25, -0.2) is 0 Å². The fraction of sp³-hybridized carbons (Fsp3) is 0.429. The van der Waals surface area contributed by atoms with Gasteiger partial charge in [0.05, 0.1) is 11.8 Å². The van der Waals surface area contributed by atoms with E-state index in [0.717, 1.165) is 4.47 Å². The molecule has 20 heavy (non-hydrogen) atoms. The molecular formula is C14H17BrN2O3. The molecule has 1 aliphatic rings. The number of carbonyl (C=O) groups is 2. The van der Waals surface area contributed by atoms with Gasteiger partial charge >= 0.3 is 11.8 Å². The van der Waals surface area contributed by atoms with Crippen molar-refractivity contribution in [2.24, 2.45) is 0 Å². The number of benzene rings is 1. The third kappa shape index (κ3) is 4.05. The zero-order valence-corrected chi connectivity index (χ0v) is 12.5. The molecule has 3 N–H and O–H groups in total. The van der Waals surface area contributed by atoms with Crippen molar-refractivity contribution in [3.8, 4) is 0 Å². The molecule has 0 radical (unpaired) electrons. The Labute approximate surface area is 125 Å². The molecule has 0 saturated heterocycles. The highest BCUT2D eigenvalue weighted by molar-refractivity contribution is 9.10. The third-order valence-corrected chi connectivity index (χ3v) is 4.05. The Kier molecular flexibility index (Phi) is 5.14. The number of hydrogen-bond acceptors (Lipinski definition) is 3. The smallest absolute Gasteiger partial charge is 0.313 e. The zero-order valence-electron chi connectivity index (χ0n) is 10.9. The molecule has 1 saturated carbocycles. The van der Waals surface area contributed by atoms with Crippen LogP contribution in [0.2, 0.25) is 0 Å². The highest BCUT2D eigenvalue weighted by atomic mass is 79.9. The summed E-state index contributed by atoms with van der Waals surface area (Å²) in [5, 5.41) is 14.7. The van der Waals surface area contributed by atoms with Gasteiger partial charge in [-0.1, -0.05) is 12.1 Å². The van der Waals surface area contributed by atoms with Gasteiger partial charge in [-0.05, 0) is 53.7 Å². The fourth-order valence-electron chi connectivity index (χ4n) is 2.21. The number of para-hydroxylation sites is 1. The fourth-order valence-corrected chi connectivity index (χ4v) is 2.60. The van der Waals surface area contributed by atoms with Crippen molar-refractivity contribution in [3.63, 3.8) is 0 Å². The summed E-state index contributed by atoms with van der Waals surface area (Å²) >= 11 is 3.30. The molecule has 0 aliphatic heterocycles. The van der Waals surface area contributed by atoms with E-state index in [2.05, 4.69) is 26.6 Å². The van der Waals surface area contributed by atoms with Crippen LogP contribution in [0.5, 0.6) is 0 Å². The van der Waals surface area contributed by atoms with Crippen LogP contribution in [0.1, 0.15) is 25.7 Å². The molecule has 2 rings (SSSR count). The Morgan fingerprint density at radius 2 is 1.75 bits per heavy atom. The molecule has 0 heterocycles. The van der Waals surface area contributed by atoms with Gasteiger partial charge in [0.25, 0.3) is 0 Å². The predicted octanol–water partition coefficient (Wildman–Crippen LogP) is 1.81. The summed E-state index contributed by atoms with van der Waals surface area (Å²) in [6.45, 7) is 0. The molecule has 1 fully saturated rings. The largest absolute Gasteiger partial charge is 0.393 e. The average Bonchev–Trinajstić information content (AvgIpc) is 2.44. The van der Waals surface area contributed by atoms with Crippen molar-refractivity contribution < 1.29 is 14.7 Å². The summed E-state index contributed by atoms with van der Waals surface area (Å²) in [5.74, 6) is -1.31.